The Balaban J connectivity index is 2.29. The van der Waals surface area contributed by atoms with Gasteiger partial charge in [-0.3, -0.25) is 4.79 Å². The Bertz CT molecular complexity index is 677. The number of amides is 1. The number of hydrogen-bond donors (Lipinski definition) is 1. The van der Waals surface area contributed by atoms with Crippen LogP contribution >= 0.6 is 35.0 Å². The van der Waals surface area contributed by atoms with Crippen LogP contribution in [0.1, 0.15) is 20.3 Å². The highest BCUT2D eigenvalue weighted by Crippen LogP contribution is 2.31. The van der Waals surface area contributed by atoms with E-state index >= 15 is 0 Å². The zero-order valence-electron chi connectivity index (χ0n) is 12.8. The summed E-state index contributed by atoms with van der Waals surface area (Å²) < 4.78 is 26.9. The van der Waals surface area contributed by atoms with Crippen molar-refractivity contribution in [2.75, 3.05) is 11.6 Å². The number of hydrogen-bond acceptors (Lipinski definition) is 4. The number of nitrogens with one attached hydrogen (secondary N) is 1. The van der Waals surface area contributed by atoms with Gasteiger partial charge in [0.2, 0.25) is 15.9 Å². The van der Waals surface area contributed by atoms with E-state index in [4.69, 9.17) is 23.2 Å². The maximum Gasteiger partial charge on any atom is 0.244 e. The maximum absolute atomic E-state index is 12.8. The van der Waals surface area contributed by atoms with Gasteiger partial charge in [-0.15, -0.1) is 11.8 Å². The van der Waals surface area contributed by atoms with Crippen molar-refractivity contribution >= 4 is 50.9 Å². The van der Waals surface area contributed by atoms with E-state index in [1.165, 1.54) is 34.3 Å². The summed E-state index contributed by atoms with van der Waals surface area (Å²) in [6.07, 6.45) is 0.780. The van der Waals surface area contributed by atoms with E-state index in [0.717, 1.165) is 6.42 Å². The molecule has 1 fully saturated rings. The summed E-state index contributed by atoms with van der Waals surface area (Å²) in [5.41, 5.74) is 0. The number of benzene rings is 1. The Morgan fingerprint density at radius 3 is 2.57 bits per heavy atom. The summed E-state index contributed by atoms with van der Waals surface area (Å²) >= 11 is 13.2. The Morgan fingerprint density at radius 1 is 1.39 bits per heavy atom. The molecule has 2 atom stereocenters. The molecule has 9 heteroatoms. The van der Waals surface area contributed by atoms with Gasteiger partial charge in [-0.05, 0) is 31.5 Å². The van der Waals surface area contributed by atoms with Crippen molar-refractivity contribution in [1.82, 2.24) is 9.62 Å². The molecule has 1 amide bonds. The van der Waals surface area contributed by atoms with E-state index < -0.39 is 16.1 Å². The van der Waals surface area contributed by atoms with Crippen LogP contribution in [0.15, 0.2) is 23.1 Å². The minimum absolute atomic E-state index is 0.00107. The van der Waals surface area contributed by atoms with Crippen molar-refractivity contribution in [3.8, 4) is 0 Å². The molecule has 0 radical (unpaired) electrons. The molecule has 2 unspecified atom stereocenters. The number of rotatable bonds is 5. The summed E-state index contributed by atoms with van der Waals surface area (Å²) in [5, 5.41) is 3.32. The third-order valence-electron chi connectivity index (χ3n) is 3.59. The zero-order valence-corrected chi connectivity index (χ0v) is 15.9. The monoisotopic (exact) mass is 396 g/mol. The van der Waals surface area contributed by atoms with Gasteiger partial charge in [-0.25, -0.2) is 8.42 Å². The number of carbonyl (C=O) groups is 1. The molecule has 23 heavy (non-hydrogen) atoms. The van der Waals surface area contributed by atoms with Crippen molar-refractivity contribution < 1.29 is 13.2 Å². The quantitative estimate of drug-likeness (QED) is 0.830. The number of nitrogens with zero attached hydrogens (tertiary/aromatic N) is 1. The second-order valence-electron chi connectivity index (χ2n) is 5.33. The molecule has 5 nitrogen and oxygen atoms in total. The molecule has 128 valence electrons. The summed E-state index contributed by atoms with van der Waals surface area (Å²) in [6, 6.07) is 3.42. The molecule has 1 aliphatic heterocycles. The van der Waals surface area contributed by atoms with Crippen molar-refractivity contribution in [3.63, 3.8) is 0 Å². The molecular weight excluding hydrogens is 379 g/mol. The van der Waals surface area contributed by atoms with E-state index in [1.807, 2.05) is 13.8 Å². The first-order chi connectivity index (χ1) is 10.8. The summed E-state index contributed by atoms with van der Waals surface area (Å²) in [4.78, 5) is 12.4. The van der Waals surface area contributed by atoms with Gasteiger partial charge in [0.05, 0.1) is 10.8 Å². The molecule has 1 aromatic carbocycles. The lowest BCUT2D eigenvalue weighted by Gasteiger charge is -2.24. The first-order valence-corrected chi connectivity index (χ1v) is 10.5. The average Bonchev–Trinajstić information content (AvgIpc) is 2.96. The Labute approximate surface area is 150 Å². The molecule has 0 spiro atoms. The second-order valence-corrected chi connectivity index (χ2v) is 9.09. The number of sulfonamides is 1. The predicted molar refractivity (Wildman–Crippen MR) is 94.5 cm³/mol. The summed E-state index contributed by atoms with van der Waals surface area (Å²) in [6.45, 7) is 3.84. The highest BCUT2D eigenvalue weighted by molar-refractivity contribution is 8.00. The molecule has 0 saturated carbocycles. The second kappa shape index (κ2) is 7.61. The molecule has 0 aromatic heterocycles. The molecule has 2 rings (SSSR count). The molecule has 0 aliphatic carbocycles. The van der Waals surface area contributed by atoms with Crippen molar-refractivity contribution in [1.29, 1.82) is 0 Å². The number of thioether (sulfide) groups is 1. The molecule has 0 bridgehead atoms. The van der Waals surface area contributed by atoms with Crippen LogP contribution in [0.2, 0.25) is 10.0 Å². The first-order valence-electron chi connectivity index (χ1n) is 7.11. The topological polar surface area (TPSA) is 66.5 Å². The molecular formula is C14H18Cl2N2O3S2. The summed E-state index contributed by atoms with van der Waals surface area (Å²) in [7, 11) is -3.84. The molecule has 1 saturated heterocycles. The highest BCUT2D eigenvalue weighted by atomic mass is 35.5. The minimum Gasteiger partial charge on any atom is -0.352 e. The van der Waals surface area contributed by atoms with E-state index in [1.54, 1.807) is 0 Å². The van der Waals surface area contributed by atoms with Gasteiger partial charge in [-0.1, -0.05) is 30.1 Å². The van der Waals surface area contributed by atoms with E-state index in [0.29, 0.717) is 5.75 Å². The first kappa shape index (κ1) is 18.9. The van der Waals surface area contributed by atoms with Gasteiger partial charge in [0.25, 0.3) is 0 Å². The Morgan fingerprint density at radius 2 is 2.00 bits per heavy atom. The van der Waals surface area contributed by atoms with Crippen molar-refractivity contribution in [3.05, 3.63) is 28.2 Å². The molecule has 1 heterocycles. The minimum atomic E-state index is -3.84. The van der Waals surface area contributed by atoms with Gasteiger partial charge >= 0.3 is 0 Å². The van der Waals surface area contributed by atoms with Crippen LogP contribution in [0.3, 0.4) is 0 Å². The fraction of sp³-hybridized carbons (Fsp3) is 0.500. The lowest BCUT2D eigenvalue weighted by molar-refractivity contribution is -0.124. The lowest BCUT2D eigenvalue weighted by atomic mass is 10.2. The number of halogens is 2. The molecule has 1 N–H and O–H groups in total. The predicted octanol–water partition coefficient (Wildman–Crippen LogP) is 2.97. The van der Waals surface area contributed by atoms with Crippen LogP contribution in [0, 0.1) is 0 Å². The SMILES string of the molecule is CCC(C)NC(=O)C1CSCN1S(=O)(=O)c1cc(Cl)cc(Cl)c1. The zero-order chi connectivity index (χ0) is 17.2. The van der Waals surface area contributed by atoms with Crippen molar-refractivity contribution in [2.24, 2.45) is 0 Å². The Hall–Kier alpha value is -0.470. The third-order valence-corrected chi connectivity index (χ3v) is 7.03. The van der Waals surface area contributed by atoms with Gasteiger partial charge in [0.15, 0.2) is 0 Å². The van der Waals surface area contributed by atoms with Gasteiger partial charge in [0, 0.05) is 21.8 Å². The molecule has 1 aliphatic rings. The third kappa shape index (κ3) is 4.33. The normalized spacial score (nSPS) is 20.4. The van der Waals surface area contributed by atoms with Crippen LogP contribution in [0.4, 0.5) is 0 Å². The van der Waals surface area contributed by atoms with Crippen LogP contribution in [-0.2, 0) is 14.8 Å². The van der Waals surface area contributed by atoms with Gasteiger partial charge in [-0.2, -0.15) is 4.31 Å². The van der Waals surface area contributed by atoms with E-state index in [2.05, 4.69) is 5.32 Å². The van der Waals surface area contributed by atoms with E-state index in [-0.39, 0.29) is 32.8 Å². The summed E-state index contributed by atoms with van der Waals surface area (Å²) in [5.74, 6) is 0.377. The Kier molecular flexibility index (Phi) is 6.24. The van der Waals surface area contributed by atoms with Crippen LogP contribution in [0.5, 0.6) is 0 Å². The van der Waals surface area contributed by atoms with Gasteiger partial charge < -0.3 is 5.32 Å². The van der Waals surface area contributed by atoms with Gasteiger partial charge in [0.1, 0.15) is 6.04 Å². The highest BCUT2D eigenvalue weighted by Gasteiger charge is 2.40. The maximum atomic E-state index is 12.8. The van der Waals surface area contributed by atoms with Crippen LogP contribution in [-0.4, -0.2) is 42.3 Å². The fourth-order valence-electron chi connectivity index (χ4n) is 2.12. The molecule has 1 aromatic rings. The van der Waals surface area contributed by atoms with Crippen LogP contribution in [0.25, 0.3) is 0 Å². The largest absolute Gasteiger partial charge is 0.352 e. The lowest BCUT2D eigenvalue weighted by Crippen LogP contribution is -2.49. The number of carbonyl (C=O) groups excluding carboxylic acids is 1. The van der Waals surface area contributed by atoms with Crippen molar-refractivity contribution in [2.45, 2.75) is 37.2 Å². The average molecular weight is 397 g/mol. The fourth-order valence-corrected chi connectivity index (χ4v) is 6.00. The van der Waals surface area contributed by atoms with Crippen LogP contribution < -0.4 is 5.32 Å². The smallest absolute Gasteiger partial charge is 0.244 e. The standard InChI is InChI=1S/C14H18Cl2N2O3S2/c1-3-9(2)17-14(19)13-7-22-8-18(13)23(20,21)12-5-10(15)4-11(16)6-12/h4-6,9,13H,3,7-8H2,1-2H3,(H,17,19). The van der Waals surface area contributed by atoms with E-state index in [9.17, 15) is 13.2 Å².